The molecule has 26 heavy (non-hydrogen) atoms. The first kappa shape index (κ1) is 16.0. The summed E-state index contributed by atoms with van der Waals surface area (Å²) in [5.74, 6) is 0.438. The van der Waals surface area contributed by atoms with Gasteiger partial charge >= 0.3 is 0 Å². The fraction of sp³-hybridized carbons (Fsp3) is 0.0952. The molecule has 0 saturated carbocycles. The second kappa shape index (κ2) is 6.80. The lowest BCUT2D eigenvalue weighted by atomic mass is 10.1. The normalized spacial score (nSPS) is 11.4. The maximum absolute atomic E-state index is 12.6. The van der Waals surface area contributed by atoms with Gasteiger partial charge in [-0.25, -0.2) is 10.4 Å². The SMILES string of the molecule is CCn1c(N/N=C\c2ccc3ccccc3c2)nc2ccccc2c1=O. The molecule has 1 heterocycles. The third kappa shape index (κ3) is 2.95. The van der Waals surface area contributed by atoms with E-state index in [-0.39, 0.29) is 5.56 Å². The van der Waals surface area contributed by atoms with Crippen molar-refractivity contribution >= 4 is 33.8 Å². The highest BCUT2D eigenvalue weighted by molar-refractivity contribution is 5.90. The highest BCUT2D eigenvalue weighted by Gasteiger charge is 2.08. The largest absolute Gasteiger partial charge is 0.277 e. The van der Waals surface area contributed by atoms with Crippen molar-refractivity contribution in [2.75, 3.05) is 5.43 Å². The smallest absolute Gasteiger partial charge is 0.262 e. The lowest BCUT2D eigenvalue weighted by Crippen LogP contribution is -2.23. The monoisotopic (exact) mass is 342 g/mol. The molecule has 0 bridgehead atoms. The number of anilines is 1. The van der Waals surface area contributed by atoms with Crippen LogP contribution in [-0.2, 0) is 6.54 Å². The summed E-state index contributed by atoms with van der Waals surface area (Å²) in [5.41, 5.74) is 4.48. The summed E-state index contributed by atoms with van der Waals surface area (Å²) in [5, 5.41) is 7.23. The van der Waals surface area contributed by atoms with Crippen LogP contribution in [0.1, 0.15) is 12.5 Å². The van der Waals surface area contributed by atoms with Crippen molar-refractivity contribution in [2.45, 2.75) is 13.5 Å². The van der Waals surface area contributed by atoms with Crippen molar-refractivity contribution in [3.05, 3.63) is 82.6 Å². The Bertz CT molecular complexity index is 1180. The zero-order valence-corrected chi connectivity index (χ0v) is 14.4. The molecule has 1 N–H and O–H groups in total. The number of fused-ring (bicyclic) bond motifs is 2. The summed E-state index contributed by atoms with van der Waals surface area (Å²) in [6.07, 6.45) is 1.73. The third-order valence-corrected chi connectivity index (χ3v) is 4.33. The summed E-state index contributed by atoms with van der Waals surface area (Å²) in [4.78, 5) is 17.1. The van der Waals surface area contributed by atoms with Crippen molar-refractivity contribution in [3.63, 3.8) is 0 Å². The van der Waals surface area contributed by atoms with Gasteiger partial charge in [0.25, 0.3) is 5.56 Å². The summed E-state index contributed by atoms with van der Waals surface area (Å²) in [6, 6.07) is 21.7. The number of aromatic nitrogens is 2. The maximum Gasteiger partial charge on any atom is 0.262 e. The van der Waals surface area contributed by atoms with Crippen LogP contribution < -0.4 is 11.0 Å². The van der Waals surface area contributed by atoms with Crippen LogP contribution in [0.3, 0.4) is 0 Å². The van der Waals surface area contributed by atoms with Crippen LogP contribution in [-0.4, -0.2) is 15.8 Å². The molecule has 0 atom stereocenters. The fourth-order valence-corrected chi connectivity index (χ4v) is 3.00. The van der Waals surface area contributed by atoms with Crippen LogP contribution in [0.15, 0.2) is 76.6 Å². The summed E-state index contributed by atoms with van der Waals surface area (Å²) < 4.78 is 1.58. The van der Waals surface area contributed by atoms with Gasteiger partial charge in [-0.05, 0) is 41.5 Å². The number of benzene rings is 3. The molecule has 0 unspecified atom stereocenters. The van der Waals surface area contributed by atoms with Gasteiger partial charge in [0.1, 0.15) is 0 Å². The van der Waals surface area contributed by atoms with Crippen LogP contribution in [0.25, 0.3) is 21.7 Å². The molecular formula is C21H18N4O. The van der Waals surface area contributed by atoms with Gasteiger partial charge in [-0.1, -0.05) is 48.5 Å². The number of hydrogen-bond donors (Lipinski definition) is 1. The molecule has 0 radical (unpaired) electrons. The van der Waals surface area contributed by atoms with E-state index in [4.69, 9.17) is 0 Å². The average molecular weight is 342 g/mol. The van der Waals surface area contributed by atoms with Gasteiger partial charge in [-0.15, -0.1) is 0 Å². The van der Waals surface area contributed by atoms with Gasteiger partial charge in [-0.3, -0.25) is 9.36 Å². The van der Waals surface area contributed by atoms with E-state index < -0.39 is 0 Å². The van der Waals surface area contributed by atoms with E-state index in [1.807, 2.05) is 43.3 Å². The minimum atomic E-state index is -0.0681. The molecule has 3 aromatic carbocycles. The molecule has 0 aliphatic carbocycles. The molecular weight excluding hydrogens is 324 g/mol. The molecule has 1 aromatic heterocycles. The predicted molar refractivity (Wildman–Crippen MR) is 107 cm³/mol. The van der Waals surface area contributed by atoms with E-state index in [9.17, 15) is 4.79 Å². The first-order valence-electron chi connectivity index (χ1n) is 8.54. The van der Waals surface area contributed by atoms with Gasteiger partial charge in [0.15, 0.2) is 0 Å². The molecule has 0 amide bonds. The Kier molecular flexibility index (Phi) is 4.19. The van der Waals surface area contributed by atoms with E-state index in [0.29, 0.717) is 23.4 Å². The minimum Gasteiger partial charge on any atom is -0.277 e. The first-order chi connectivity index (χ1) is 12.8. The highest BCUT2D eigenvalue weighted by atomic mass is 16.1. The van der Waals surface area contributed by atoms with Gasteiger partial charge in [-0.2, -0.15) is 5.10 Å². The molecule has 4 rings (SSSR count). The molecule has 0 aliphatic rings. The lowest BCUT2D eigenvalue weighted by molar-refractivity contribution is 0.724. The predicted octanol–water partition coefficient (Wildman–Crippen LogP) is 4.02. The average Bonchev–Trinajstić information content (AvgIpc) is 2.68. The Hall–Kier alpha value is -3.47. The highest BCUT2D eigenvalue weighted by Crippen LogP contribution is 2.15. The van der Waals surface area contributed by atoms with Crippen molar-refractivity contribution in [1.29, 1.82) is 0 Å². The zero-order chi connectivity index (χ0) is 17.9. The third-order valence-electron chi connectivity index (χ3n) is 4.33. The summed E-state index contributed by atoms with van der Waals surface area (Å²) in [6.45, 7) is 2.43. The Morgan fingerprint density at radius 2 is 1.81 bits per heavy atom. The number of nitrogens with one attached hydrogen (secondary N) is 1. The van der Waals surface area contributed by atoms with Gasteiger partial charge < -0.3 is 0 Å². The van der Waals surface area contributed by atoms with Crippen LogP contribution in [0.5, 0.6) is 0 Å². The number of hydrazone groups is 1. The van der Waals surface area contributed by atoms with E-state index in [2.05, 4.69) is 39.8 Å². The molecule has 0 spiro atoms. The first-order valence-corrected chi connectivity index (χ1v) is 8.54. The quantitative estimate of drug-likeness (QED) is 0.450. The lowest BCUT2D eigenvalue weighted by Gasteiger charge is -2.10. The van der Waals surface area contributed by atoms with Gasteiger partial charge in [0.05, 0.1) is 17.1 Å². The van der Waals surface area contributed by atoms with Crippen molar-refractivity contribution < 1.29 is 0 Å². The molecule has 0 fully saturated rings. The summed E-state index contributed by atoms with van der Waals surface area (Å²) in [7, 11) is 0. The molecule has 5 heteroatoms. The number of nitrogens with zero attached hydrogens (tertiary/aromatic N) is 3. The second-order valence-corrected chi connectivity index (χ2v) is 5.98. The van der Waals surface area contributed by atoms with E-state index in [0.717, 1.165) is 10.9 Å². The van der Waals surface area contributed by atoms with E-state index >= 15 is 0 Å². The van der Waals surface area contributed by atoms with Crippen LogP contribution in [0.4, 0.5) is 5.95 Å². The fourth-order valence-electron chi connectivity index (χ4n) is 3.00. The van der Waals surface area contributed by atoms with Crippen LogP contribution >= 0.6 is 0 Å². The Balaban J connectivity index is 1.66. The molecule has 0 aliphatic heterocycles. The van der Waals surface area contributed by atoms with Crippen molar-refractivity contribution in [2.24, 2.45) is 5.10 Å². The molecule has 5 nitrogen and oxygen atoms in total. The molecule has 128 valence electrons. The van der Waals surface area contributed by atoms with Gasteiger partial charge in [0, 0.05) is 6.54 Å². The van der Waals surface area contributed by atoms with Crippen molar-refractivity contribution in [3.8, 4) is 0 Å². The number of para-hydroxylation sites is 1. The maximum atomic E-state index is 12.6. The standard InChI is InChI=1S/C21H18N4O/c1-2-25-20(26)18-9-5-6-10-19(18)23-21(25)24-22-14-15-11-12-16-7-3-4-8-17(16)13-15/h3-14H,2H2,1H3,(H,23,24)/b22-14-. The van der Waals surface area contributed by atoms with Gasteiger partial charge in [0.2, 0.25) is 5.95 Å². The molecule has 0 saturated heterocycles. The number of hydrogen-bond acceptors (Lipinski definition) is 4. The Labute approximate surface area is 150 Å². The summed E-state index contributed by atoms with van der Waals surface area (Å²) >= 11 is 0. The molecule has 4 aromatic rings. The Morgan fingerprint density at radius 3 is 2.65 bits per heavy atom. The zero-order valence-electron chi connectivity index (χ0n) is 14.4. The minimum absolute atomic E-state index is 0.0681. The van der Waals surface area contributed by atoms with Crippen LogP contribution in [0, 0.1) is 0 Å². The van der Waals surface area contributed by atoms with Crippen LogP contribution in [0.2, 0.25) is 0 Å². The Morgan fingerprint density at radius 1 is 1.04 bits per heavy atom. The van der Waals surface area contributed by atoms with E-state index in [1.54, 1.807) is 16.8 Å². The topological polar surface area (TPSA) is 59.3 Å². The number of rotatable bonds is 4. The van der Waals surface area contributed by atoms with E-state index in [1.165, 1.54) is 5.39 Å². The van der Waals surface area contributed by atoms with Crippen molar-refractivity contribution in [1.82, 2.24) is 9.55 Å². The second-order valence-electron chi connectivity index (χ2n) is 5.98.